The number of hydrogen-bond donors (Lipinski definition) is 3. The number of ether oxygens (including phenoxy) is 3. The summed E-state index contributed by atoms with van der Waals surface area (Å²) in [6.07, 6.45) is 8.62. The zero-order valence-electron chi connectivity index (χ0n) is 34.7. The third kappa shape index (κ3) is 14.0. The average molecular weight is 901 g/mol. The molecule has 18 heteroatoms. The lowest BCUT2D eigenvalue weighted by atomic mass is 10.1. The number of aromatic nitrogens is 6. The molecule has 0 bridgehead atoms. The first-order chi connectivity index (χ1) is 31.0. The lowest BCUT2D eigenvalue weighted by Crippen LogP contribution is -2.14. The number of aliphatic hydroxyl groups is 1. The fraction of sp³-hybridized carbons (Fsp3) is 0.130. The van der Waals surface area contributed by atoms with E-state index in [1.807, 2.05) is 111 Å². The first kappa shape index (κ1) is 46.0. The van der Waals surface area contributed by atoms with Gasteiger partial charge < -0.3 is 19.3 Å². The van der Waals surface area contributed by atoms with Crippen LogP contribution in [0.15, 0.2) is 151 Å². The van der Waals surface area contributed by atoms with Crippen molar-refractivity contribution in [3.05, 3.63) is 173 Å². The van der Waals surface area contributed by atoms with Crippen molar-refractivity contribution in [3.63, 3.8) is 0 Å². The van der Waals surface area contributed by atoms with E-state index in [9.17, 15) is 16.8 Å². The van der Waals surface area contributed by atoms with Crippen LogP contribution in [0.2, 0.25) is 0 Å². The zero-order valence-corrected chi connectivity index (χ0v) is 36.4. The first-order valence-corrected chi connectivity index (χ1v) is 22.7. The molecule has 0 saturated heterocycles. The molecule has 0 saturated carbocycles. The highest BCUT2D eigenvalue weighted by molar-refractivity contribution is 7.96. The molecule has 0 fully saturated rings. The van der Waals surface area contributed by atoms with Crippen molar-refractivity contribution in [2.75, 3.05) is 35.9 Å². The van der Waals surface area contributed by atoms with Crippen LogP contribution in [0.4, 0.5) is 11.6 Å². The minimum atomic E-state index is -3.87. The maximum Gasteiger partial charge on any atom is 0.316 e. The van der Waals surface area contributed by atoms with Gasteiger partial charge in [-0.1, -0.05) is 120 Å². The van der Waals surface area contributed by atoms with E-state index in [1.165, 1.54) is 24.8 Å². The molecular formula is C46H44N8O8S2. The predicted octanol–water partition coefficient (Wildman–Crippen LogP) is 7.35. The van der Waals surface area contributed by atoms with E-state index in [1.54, 1.807) is 30.6 Å². The van der Waals surface area contributed by atoms with E-state index in [0.29, 0.717) is 22.3 Å². The van der Waals surface area contributed by atoms with Gasteiger partial charge in [0.2, 0.25) is 11.8 Å². The van der Waals surface area contributed by atoms with Crippen LogP contribution in [0.3, 0.4) is 0 Å². The van der Waals surface area contributed by atoms with Gasteiger partial charge in [0, 0.05) is 12.4 Å². The Hall–Kier alpha value is -7.54. The predicted molar refractivity (Wildman–Crippen MR) is 246 cm³/mol. The third-order valence-corrected chi connectivity index (χ3v) is 10.6. The van der Waals surface area contributed by atoms with Crippen LogP contribution in [0.25, 0.3) is 34.4 Å². The minimum Gasteiger partial charge on any atom is -0.475 e. The van der Waals surface area contributed by atoms with Crippen molar-refractivity contribution in [1.82, 2.24) is 29.9 Å². The van der Waals surface area contributed by atoms with Crippen LogP contribution in [-0.4, -0.2) is 78.3 Å². The summed E-state index contributed by atoms with van der Waals surface area (Å²) in [6, 6.07) is 35.1. The van der Waals surface area contributed by atoms with E-state index < -0.39 is 20.0 Å². The van der Waals surface area contributed by atoms with Crippen LogP contribution in [0.1, 0.15) is 22.3 Å². The zero-order chi connectivity index (χ0) is 45.2. The highest BCUT2D eigenvalue weighted by Crippen LogP contribution is 2.36. The fourth-order valence-corrected chi connectivity index (χ4v) is 7.31. The molecule has 3 N–H and O–H groups in total. The SMILES string of the molecule is Cc1ccc(-c2c(NS(=O)(=O)/C=C/c3ccccc3)ncnc2OCCO)cc1.Cc1ccc(-c2c(NS(=O)(=O)/C=C/c3ccccc3)ncnc2OCCOc2ncccn2)cc1. The van der Waals surface area contributed by atoms with Crippen LogP contribution in [0.5, 0.6) is 17.8 Å². The summed E-state index contributed by atoms with van der Waals surface area (Å²) in [5.74, 6) is 0.590. The van der Waals surface area contributed by atoms with Gasteiger partial charge in [-0.15, -0.1) is 0 Å². The van der Waals surface area contributed by atoms with E-state index in [2.05, 4.69) is 39.3 Å². The van der Waals surface area contributed by atoms with Crippen molar-refractivity contribution in [2.45, 2.75) is 13.8 Å². The smallest absolute Gasteiger partial charge is 0.316 e. The van der Waals surface area contributed by atoms with Crippen LogP contribution in [0, 0.1) is 13.8 Å². The quantitative estimate of drug-likeness (QED) is 0.0718. The topological polar surface area (TPSA) is 218 Å². The Bertz CT molecular complexity index is 2860. The molecule has 328 valence electrons. The molecule has 0 unspecified atom stereocenters. The molecule has 0 aliphatic heterocycles. The number of nitrogens with one attached hydrogen (secondary N) is 2. The monoisotopic (exact) mass is 900 g/mol. The van der Waals surface area contributed by atoms with Gasteiger partial charge in [0.15, 0.2) is 11.6 Å². The Kier molecular flexibility index (Phi) is 16.2. The van der Waals surface area contributed by atoms with Crippen molar-refractivity contribution in [1.29, 1.82) is 0 Å². The number of benzene rings is 4. The van der Waals surface area contributed by atoms with Crippen molar-refractivity contribution in [3.8, 4) is 40.0 Å². The summed E-state index contributed by atoms with van der Waals surface area (Å²) < 4.78 is 72.6. The molecular weight excluding hydrogens is 857 g/mol. The summed E-state index contributed by atoms with van der Waals surface area (Å²) in [7, 11) is -7.70. The molecule has 64 heavy (non-hydrogen) atoms. The molecule has 0 spiro atoms. The van der Waals surface area contributed by atoms with Gasteiger partial charge in [-0.3, -0.25) is 9.44 Å². The Morgan fingerprint density at radius 3 is 1.38 bits per heavy atom. The number of rotatable bonds is 18. The third-order valence-electron chi connectivity index (χ3n) is 8.69. The van der Waals surface area contributed by atoms with Gasteiger partial charge in [0.05, 0.1) is 28.5 Å². The Balaban J connectivity index is 0.000000216. The molecule has 16 nitrogen and oxygen atoms in total. The number of nitrogens with zero attached hydrogens (tertiary/aromatic N) is 6. The van der Waals surface area contributed by atoms with Gasteiger partial charge >= 0.3 is 6.01 Å². The number of aliphatic hydroxyl groups excluding tert-OH is 1. The second-order valence-corrected chi connectivity index (χ2v) is 16.7. The van der Waals surface area contributed by atoms with Crippen molar-refractivity contribution in [2.24, 2.45) is 0 Å². The Labute approximate surface area is 371 Å². The molecule has 7 rings (SSSR count). The van der Waals surface area contributed by atoms with E-state index in [0.717, 1.165) is 33.1 Å². The maximum absolute atomic E-state index is 12.8. The number of aryl methyl sites for hydroxylation is 2. The minimum absolute atomic E-state index is 0.0238. The molecule has 0 aliphatic rings. The second kappa shape index (κ2) is 22.5. The van der Waals surface area contributed by atoms with Gasteiger partial charge in [-0.05, 0) is 54.3 Å². The van der Waals surface area contributed by atoms with E-state index in [4.69, 9.17) is 19.3 Å². The van der Waals surface area contributed by atoms with Gasteiger partial charge in [0.1, 0.15) is 32.5 Å². The van der Waals surface area contributed by atoms with Crippen LogP contribution >= 0.6 is 0 Å². The molecule has 0 atom stereocenters. The lowest BCUT2D eigenvalue weighted by molar-refractivity contribution is 0.197. The van der Waals surface area contributed by atoms with Gasteiger partial charge in [0.25, 0.3) is 20.0 Å². The van der Waals surface area contributed by atoms with Crippen molar-refractivity contribution >= 4 is 43.8 Å². The highest BCUT2D eigenvalue weighted by Gasteiger charge is 2.20. The van der Waals surface area contributed by atoms with Gasteiger partial charge in [-0.2, -0.15) is 0 Å². The van der Waals surface area contributed by atoms with Crippen LogP contribution < -0.4 is 23.7 Å². The summed E-state index contributed by atoms with van der Waals surface area (Å²) in [5.41, 5.74) is 5.82. The summed E-state index contributed by atoms with van der Waals surface area (Å²) in [5, 5.41) is 11.2. The molecule has 0 radical (unpaired) electrons. The highest BCUT2D eigenvalue weighted by atomic mass is 32.2. The normalized spacial score (nSPS) is 11.4. The summed E-state index contributed by atoms with van der Waals surface area (Å²) in [4.78, 5) is 24.6. The molecule has 7 aromatic rings. The molecule has 3 aromatic heterocycles. The van der Waals surface area contributed by atoms with Gasteiger partial charge in [-0.25, -0.2) is 46.7 Å². The standard InChI is InChI=1S/C25H23N5O4S.C21H21N3O4S/c1-19-8-10-21(11-9-19)22-23(30-35(31,32)17-12-20-6-3-2-4-7-20)28-18-29-24(22)33-15-16-34-25-26-13-5-14-27-25;1-16-7-9-18(10-8-16)19-20(22-15-23-21(19)28-13-12-25)24-29(26,27)14-11-17-5-3-2-4-6-17/h2-14,17-18H,15-16H2,1H3,(H,28,29,30);2-11,14-15,25H,12-13H2,1H3,(H,22,23,24)/b17-12+;14-11+. The van der Waals surface area contributed by atoms with Crippen LogP contribution in [-0.2, 0) is 20.0 Å². The van der Waals surface area contributed by atoms with E-state index in [-0.39, 0.29) is 55.8 Å². The second-order valence-electron chi connectivity index (χ2n) is 13.6. The Morgan fingerprint density at radius 1 is 0.516 bits per heavy atom. The largest absolute Gasteiger partial charge is 0.475 e. The first-order valence-electron chi connectivity index (χ1n) is 19.6. The number of anilines is 2. The molecule has 3 heterocycles. The molecule has 0 aliphatic carbocycles. The average Bonchev–Trinajstić information content (AvgIpc) is 3.30. The molecule has 0 amide bonds. The Morgan fingerprint density at radius 2 is 0.938 bits per heavy atom. The lowest BCUT2D eigenvalue weighted by Gasteiger charge is -2.15. The summed E-state index contributed by atoms with van der Waals surface area (Å²) >= 11 is 0. The number of sulfonamides is 2. The van der Waals surface area contributed by atoms with E-state index >= 15 is 0 Å². The van der Waals surface area contributed by atoms with Crippen molar-refractivity contribution < 1.29 is 36.2 Å². The molecule has 4 aromatic carbocycles. The number of hydrogen-bond acceptors (Lipinski definition) is 14. The maximum atomic E-state index is 12.8. The fourth-order valence-electron chi connectivity index (χ4n) is 5.65. The summed E-state index contributed by atoms with van der Waals surface area (Å²) in [6.45, 7) is 4.04.